The van der Waals surface area contributed by atoms with Gasteiger partial charge in [0.25, 0.3) is 0 Å². The first-order valence-corrected chi connectivity index (χ1v) is 9.88. The Balaban J connectivity index is 4.19. The Kier molecular flexibility index (Phi) is 9.22. The van der Waals surface area contributed by atoms with Crippen LogP contribution < -0.4 is 5.32 Å². The highest BCUT2D eigenvalue weighted by molar-refractivity contribution is 7.58. The van der Waals surface area contributed by atoms with Crippen molar-refractivity contribution >= 4 is 25.2 Å². The standard InChI is InChI=1S/C15H28NO7P/c1-6-7-8-24(20,21)10-12(17)9-16-14(19)23-11(2)22-13(18)15(3,4)5/h11H,6-10H2,1-5H3,(H,16,19)(H,20,21). The van der Waals surface area contributed by atoms with E-state index in [4.69, 9.17) is 9.47 Å². The minimum absolute atomic E-state index is 0.0828. The highest BCUT2D eigenvalue weighted by atomic mass is 31.2. The average Bonchev–Trinajstić information content (AvgIpc) is 2.41. The van der Waals surface area contributed by atoms with Crippen LogP contribution in [0, 0.1) is 5.41 Å². The van der Waals surface area contributed by atoms with Gasteiger partial charge in [0.15, 0.2) is 5.78 Å². The lowest BCUT2D eigenvalue weighted by Crippen LogP contribution is -2.36. The summed E-state index contributed by atoms with van der Waals surface area (Å²) in [6, 6.07) is 0. The maximum Gasteiger partial charge on any atom is 0.410 e. The van der Waals surface area contributed by atoms with E-state index < -0.39 is 49.6 Å². The molecule has 0 aromatic rings. The topological polar surface area (TPSA) is 119 Å². The van der Waals surface area contributed by atoms with Crippen LogP contribution in [0.5, 0.6) is 0 Å². The largest absolute Gasteiger partial charge is 0.425 e. The van der Waals surface area contributed by atoms with E-state index in [9.17, 15) is 23.8 Å². The maximum absolute atomic E-state index is 11.8. The van der Waals surface area contributed by atoms with E-state index in [0.29, 0.717) is 6.42 Å². The first-order valence-electron chi connectivity index (χ1n) is 7.85. The summed E-state index contributed by atoms with van der Waals surface area (Å²) in [5, 5.41) is 2.17. The molecule has 0 aliphatic heterocycles. The number of hydrogen-bond acceptors (Lipinski definition) is 6. The van der Waals surface area contributed by atoms with Crippen molar-refractivity contribution < 1.29 is 33.3 Å². The Morgan fingerprint density at radius 1 is 1.21 bits per heavy atom. The van der Waals surface area contributed by atoms with Crippen LogP contribution in [0.15, 0.2) is 0 Å². The second kappa shape index (κ2) is 9.79. The number of nitrogens with one attached hydrogen (secondary N) is 1. The van der Waals surface area contributed by atoms with Gasteiger partial charge in [-0.1, -0.05) is 13.3 Å². The number of Topliss-reactive ketones (excluding diaryl/α,β-unsaturated/α-hetero) is 1. The summed E-state index contributed by atoms with van der Waals surface area (Å²) < 4.78 is 21.5. The molecular formula is C15H28NO7P. The Morgan fingerprint density at radius 3 is 2.29 bits per heavy atom. The smallest absolute Gasteiger partial charge is 0.410 e. The van der Waals surface area contributed by atoms with Crippen LogP contribution in [0.25, 0.3) is 0 Å². The summed E-state index contributed by atoms with van der Waals surface area (Å²) >= 11 is 0. The summed E-state index contributed by atoms with van der Waals surface area (Å²) in [6.07, 6.45) is -1.14. The second-order valence-electron chi connectivity index (χ2n) is 6.60. The van der Waals surface area contributed by atoms with E-state index >= 15 is 0 Å². The summed E-state index contributed by atoms with van der Waals surface area (Å²) in [5.41, 5.74) is -0.731. The molecule has 2 unspecified atom stereocenters. The molecule has 0 spiro atoms. The molecule has 0 aliphatic carbocycles. The Morgan fingerprint density at radius 2 is 1.79 bits per heavy atom. The maximum atomic E-state index is 11.8. The van der Waals surface area contributed by atoms with Crippen molar-refractivity contribution in [3.05, 3.63) is 0 Å². The first kappa shape index (κ1) is 22.6. The zero-order valence-corrected chi connectivity index (χ0v) is 15.9. The van der Waals surface area contributed by atoms with Crippen LogP contribution in [0.4, 0.5) is 4.79 Å². The van der Waals surface area contributed by atoms with Crippen LogP contribution in [-0.2, 0) is 23.6 Å². The van der Waals surface area contributed by atoms with Gasteiger partial charge in [-0.3, -0.25) is 14.2 Å². The van der Waals surface area contributed by atoms with Crippen molar-refractivity contribution in [3.8, 4) is 0 Å². The van der Waals surface area contributed by atoms with Gasteiger partial charge in [0.1, 0.15) is 0 Å². The van der Waals surface area contributed by atoms with E-state index in [1.807, 2.05) is 6.92 Å². The molecule has 24 heavy (non-hydrogen) atoms. The normalized spacial score (nSPS) is 15.1. The van der Waals surface area contributed by atoms with Crippen LogP contribution in [0.1, 0.15) is 47.5 Å². The van der Waals surface area contributed by atoms with E-state index in [0.717, 1.165) is 6.42 Å². The zero-order chi connectivity index (χ0) is 19.0. The van der Waals surface area contributed by atoms with E-state index in [-0.39, 0.29) is 6.16 Å². The van der Waals surface area contributed by atoms with Crippen LogP contribution in [0.3, 0.4) is 0 Å². The fourth-order valence-corrected chi connectivity index (χ4v) is 3.16. The molecule has 0 radical (unpaired) electrons. The number of alkyl carbamates (subject to hydrolysis) is 1. The van der Waals surface area contributed by atoms with Crippen molar-refractivity contribution in [2.45, 2.75) is 53.8 Å². The number of unbranched alkanes of at least 4 members (excludes halogenated alkanes) is 1. The minimum Gasteiger partial charge on any atom is -0.425 e. The van der Waals surface area contributed by atoms with E-state index in [1.165, 1.54) is 6.92 Å². The molecule has 0 rings (SSSR count). The summed E-state index contributed by atoms with van der Waals surface area (Å²) in [6.45, 7) is 7.81. The molecule has 140 valence electrons. The lowest BCUT2D eigenvalue weighted by atomic mass is 9.97. The third kappa shape index (κ3) is 10.4. The van der Waals surface area contributed by atoms with Crippen LogP contribution in [0.2, 0.25) is 0 Å². The molecule has 0 saturated carbocycles. The number of carbonyl (C=O) groups is 3. The third-order valence-electron chi connectivity index (χ3n) is 2.87. The monoisotopic (exact) mass is 365 g/mol. The highest BCUT2D eigenvalue weighted by Gasteiger charge is 2.26. The van der Waals surface area contributed by atoms with Gasteiger partial charge in [0.2, 0.25) is 13.7 Å². The fraction of sp³-hybridized carbons (Fsp3) is 0.800. The molecule has 0 bridgehead atoms. The van der Waals surface area contributed by atoms with Gasteiger partial charge in [-0.15, -0.1) is 0 Å². The van der Waals surface area contributed by atoms with Gasteiger partial charge in [0.05, 0.1) is 18.1 Å². The predicted octanol–water partition coefficient (Wildman–Crippen LogP) is 2.29. The third-order valence-corrected chi connectivity index (χ3v) is 4.73. The van der Waals surface area contributed by atoms with E-state index in [2.05, 4.69) is 5.32 Å². The quantitative estimate of drug-likeness (QED) is 0.365. The molecule has 8 nitrogen and oxygen atoms in total. The average molecular weight is 365 g/mol. The molecule has 9 heteroatoms. The van der Waals surface area contributed by atoms with Gasteiger partial charge >= 0.3 is 12.1 Å². The van der Waals surface area contributed by atoms with Crippen molar-refractivity contribution in [2.75, 3.05) is 18.9 Å². The molecule has 0 aromatic heterocycles. The lowest BCUT2D eigenvalue weighted by molar-refractivity contribution is -0.174. The summed E-state index contributed by atoms with van der Waals surface area (Å²) in [4.78, 5) is 44.4. The molecule has 0 aliphatic rings. The predicted molar refractivity (Wildman–Crippen MR) is 89.0 cm³/mol. The number of hydrogen-bond donors (Lipinski definition) is 2. The summed E-state index contributed by atoms with van der Waals surface area (Å²) in [5.74, 6) is -1.09. The minimum atomic E-state index is -3.50. The Bertz CT molecular complexity index is 499. The van der Waals surface area contributed by atoms with Gasteiger partial charge in [-0.25, -0.2) is 4.79 Å². The second-order valence-corrected chi connectivity index (χ2v) is 9.06. The molecule has 2 N–H and O–H groups in total. The van der Waals surface area contributed by atoms with Gasteiger partial charge in [-0.2, -0.15) is 0 Å². The Hall–Kier alpha value is -1.40. The molecule has 0 heterocycles. The highest BCUT2D eigenvalue weighted by Crippen LogP contribution is 2.40. The van der Waals surface area contributed by atoms with Crippen molar-refractivity contribution in [1.29, 1.82) is 0 Å². The fourth-order valence-electron chi connectivity index (χ4n) is 1.53. The number of ether oxygens (including phenoxy) is 2. The SMILES string of the molecule is CCCCP(=O)(O)CC(=O)CNC(=O)OC(C)OC(=O)C(C)(C)C. The number of rotatable bonds is 9. The molecule has 1 amide bonds. The summed E-state index contributed by atoms with van der Waals surface area (Å²) in [7, 11) is -3.50. The molecule has 2 atom stereocenters. The Labute approximate surface area is 142 Å². The van der Waals surface area contributed by atoms with E-state index in [1.54, 1.807) is 20.8 Å². The van der Waals surface area contributed by atoms with Crippen molar-refractivity contribution in [2.24, 2.45) is 5.41 Å². The van der Waals surface area contributed by atoms with Gasteiger partial charge < -0.3 is 19.7 Å². The number of carbonyl (C=O) groups excluding carboxylic acids is 3. The van der Waals surface area contributed by atoms with Crippen LogP contribution in [-0.4, -0.2) is 47.9 Å². The molecular weight excluding hydrogens is 337 g/mol. The zero-order valence-electron chi connectivity index (χ0n) is 15.0. The molecule has 0 saturated heterocycles. The number of ketones is 1. The molecule has 0 aromatic carbocycles. The number of amides is 1. The number of esters is 1. The van der Waals surface area contributed by atoms with Crippen molar-refractivity contribution in [3.63, 3.8) is 0 Å². The molecule has 0 fully saturated rings. The van der Waals surface area contributed by atoms with Crippen molar-refractivity contribution in [1.82, 2.24) is 5.32 Å². The lowest BCUT2D eigenvalue weighted by Gasteiger charge is -2.20. The van der Waals surface area contributed by atoms with Gasteiger partial charge in [-0.05, 0) is 27.2 Å². The first-order chi connectivity index (χ1) is 10.9. The van der Waals surface area contributed by atoms with Crippen LogP contribution >= 0.6 is 7.37 Å². The van der Waals surface area contributed by atoms with Gasteiger partial charge in [0, 0.05) is 13.1 Å².